The van der Waals surface area contributed by atoms with Gasteiger partial charge in [0.2, 0.25) is 5.78 Å². The van der Waals surface area contributed by atoms with Gasteiger partial charge in [0.05, 0.1) is 0 Å². The van der Waals surface area contributed by atoms with Crippen molar-refractivity contribution in [1.29, 1.82) is 0 Å². The molecule has 3 aromatic carbocycles. The van der Waals surface area contributed by atoms with Crippen LogP contribution in [0.1, 0.15) is 45.7 Å². The molecule has 0 unspecified atom stereocenters. The van der Waals surface area contributed by atoms with E-state index in [2.05, 4.69) is 0 Å². The van der Waals surface area contributed by atoms with Gasteiger partial charge in [-0.15, -0.1) is 0 Å². The van der Waals surface area contributed by atoms with Crippen LogP contribution in [0.4, 0.5) is 0 Å². The molecular formula is C25H22O5. The van der Waals surface area contributed by atoms with Gasteiger partial charge in [-0.3, -0.25) is 9.59 Å². The predicted molar refractivity (Wildman–Crippen MR) is 113 cm³/mol. The van der Waals surface area contributed by atoms with Crippen molar-refractivity contribution in [2.24, 2.45) is 0 Å². The highest BCUT2D eigenvalue weighted by atomic mass is 16.6. The third-order valence-corrected chi connectivity index (χ3v) is 4.50. The highest BCUT2D eigenvalue weighted by Gasteiger charge is 2.26. The molecule has 30 heavy (non-hydrogen) atoms. The molecule has 0 aliphatic heterocycles. The maximum Gasteiger partial charge on any atom is 0.345 e. The van der Waals surface area contributed by atoms with Crippen molar-refractivity contribution >= 4 is 17.5 Å². The van der Waals surface area contributed by atoms with Crippen LogP contribution in [0.25, 0.3) is 0 Å². The van der Waals surface area contributed by atoms with Crippen molar-refractivity contribution in [3.63, 3.8) is 0 Å². The second kappa shape index (κ2) is 10.2. The summed E-state index contributed by atoms with van der Waals surface area (Å²) in [5.41, 5.74) is 1.63. The SMILES string of the molecule is CCC(=O)c1ccc(OCC(=O)O[C@@H](C(=O)c2ccccc2)c2ccccc2)cc1. The lowest BCUT2D eigenvalue weighted by Gasteiger charge is -2.17. The molecule has 0 spiro atoms. The van der Waals surface area contributed by atoms with Crippen molar-refractivity contribution in [1.82, 2.24) is 0 Å². The van der Waals surface area contributed by atoms with Crippen molar-refractivity contribution in [2.75, 3.05) is 6.61 Å². The molecule has 3 rings (SSSR count). The molecule has 0 heterocycles. The van der Waals surface area contributed by atoms with Crippen LogP contribution < -0.4 is 4.74 Å². The summed E-state index contributed by atoms with van der Waals surface area (Å²) in [6.45, 7) is 1.44. The van der Waals surface area contributed by atoms with E-state index in [4.69, 9.17) is 9.47 Å². The average molecular weight is 402 g/mol. The molecule has 5 nitrogen and oxygen atoms in total. The molecule has 0 saturated carbocycles. The van der Waals surface area contributed by atoms with E-state index in [1.807, 2.05) is 12.1 Å². The van der Waals surface area contributed by atoms with Crippen LogP contribution in [-0.4, -0.2) is 24.1 Å². The summed E-state index contributed by atoms with van der Waals surface area (Å²) in [4.78, 5) is 37.0. The minimum Gasteiger partial charge on any atom is -0.482 e. The van der Waals surface area contributed by atoms with Crippen LogP contribution in [-0.2, 0) is 9.53 Å². The lowest BCUT2D eigenvalue weighted by molar-refractivity contribution is -0.149. The normalized spacial score (nSPS) is 11.4. The Morgan fingerprint density at radius 1 is 0.767 bits per heavy atom. The van der Waals surface area contributed by atoms with E-state index in [0.717, 1.165) is 0 Å². The second-order valence-corrected chi connectivity index (χ2v) is 6.60. The number of rotatable bonds is 9. The van der Waals surface area contributed by atoms with Gasteiger partial charge in [0, 0.05) is 23.1 Å². The van der Waals surface area contributed by atoms with Gasteiger partial charge in [-0.1, -0.05) is 67.6 Å². The molecule has 0 aliphatic rings. The summed E-state index contributed by atoms with van der Waals surface area (Å²) in [5, 5.41) is 0. The number of esters is 1. The molecule has 0 aliphatic carbocycles. The summed E-state index contributed by atoms with van der Waals surface area (Å²) >= 11 is 0. The zero-order valence-electron chi connectivity index (χ0n) is 16.6. The topological polar surface area (TPSA) is 69.7 Å². The van der Waals surface area contributed by atoms with Crippen LogP contribution in [0.15, 0.2) is 84.9 Å². The number of benzene rings is 3. The molecule has 0 amide bonds. The fraction of sp³-hybridized carbons (Fsp3) is 0.160. The lowest BCUT2D eigenvalue weighted by atomic mass is 10.00. The summed E-state index contributed by atoms with van der Waals surface area (Å²) in [7, 11) is 0. The Morgan fingerprint density at radius 3 is 1.97 bits per heavy atom. The fourth-order valence-corrected chi connectivity index (χ4v) is 2.90. The molecule has 0 radical (unpaired) electrons. The second-order valence-electron chi connectivity index (χ2n) is 6.60. The summed E-state index contributed by atoms with van der Waals surface area (Å²) < 4.78 is 10.9. The van der Waals surface area contributed by atoms with E-state index < -0.39 is 12.1 Å². The predicted octanol–water partition coefficient (Wildman–Crippen LogP) is 4.83. The van der Waals surface area contributed by atoms with E-state index in [1.54, 1.807) is 79.7 Å². The Hall–Kier alpha value is -3.73. The lowest BCUT2D eigenvalue weighted by Crippen LogP contribution is -2.23. The Morgan fingerprint density at radius 2 is 1.37 bits per heavy atom. The first kappa shape index (κ1) is 21.0. The van der Waals surface area contributed by atoms with Gasteiger partial charge in [-0.25, -0.2) is 4.79 Å². The minimum atomic E-state index is -1.06. The van der Waals surface area contributed by atoms with Crippen LogP contribution in [0, 0.1) is 0 Å². The van der Waals surface area contributed by atoms with E-state index in [9.17, 15) is 14.4 Å². The van der Waals surface area contributed by atoms with Crippen LogP contribution in [0.3, 0.4) is 0 Å². The molecule has 0 N–H and O–H groups in total. The van der Waals surface area contributed by atoms with Crippen molar-refractivity contribution in [3.8, 4) is 5.75 Å². The maximum atomic E-state index is 12.9. The van der Waals surface area contributed by atoms with Crippen LogP contribution >= 0.6 is 0 Å². The Balaban J connectivity index is 1.68. The molecule has 5 heteroatoms. The third kappa shape index (κ3) is 5.41. The first-order valence-electron chi connectivity index (χ1n) is 9.68. The average Bonchev–Trinajstić information content (AvgIpc) is 2.81. The maximum absolute atomic E-state index is 12.9. The molecule has 0 bridgehead atoms. The van der Waals surface area contributed by atoms with Gasteiger partial charge in [0.15, 0.2) is 18.5 Å². The largest absolute Gasteiger partial charge is 0.482 e. The van der Waals surface area contributed by atoms with Gasteiger partial charge in [0.1, 0.15) is 5.75 Å². The summed E-state index contributed by atoms with van der Waals surface area (Å²) in [5.74, 6) is -0.504. The number of ketones is 2. The highest BCUT2D eigenvalue weighted by molar-refractivity contribution is 6.01. The number of hydrogen-bond acceptors (Lipinski definition) is 5. The van der Waals surface area contributed by atoms with Gasteiger partial charge >= 0.3 is 5.97 Å². The van der Waals surface area contributed by atoms with Gasteiger partial charge in [-0.2, -0.15) is 0 Å². The molecular weight excluding hydrogens is 380 g/mol. The smallest absolute Gasteiger partial charge is 0.345 e. The number of carbonyl (C=O) groups is 3. The Bertz CT molecular complexity index is 995. The van der Waals surface area contributed by atoms with Crippen molar-refractivity contribution in [3.05, 3.63) is 102 Å². The number of carbonyl (C=O) groups excluding carboxylic acids is 3. The van der Waals surface area contributed by atoms with Gasteiger partial charge in [0.25, 0.3) is 0 Å². The molecule has 3 aromatic rings. The molecule has 0 fully saturated rings. The van der Waals surface area contributed by atoms with Crippen molar-refractivity contribution in [2.45, 2.75) is 19.4 Å². The molecule has 0 saturated heterocycles. The minimum absolute atomic E-state index is 0.0334. The monoisotopic (exact) mass is 402 g/mol. The van der Waals surface area contributed by atoms with Gasteiger partial charge < -0.3 is 9.47 Å². The van der Waals surface area contributed by atoms with E-state index in [0.29, 0.717) is 28.9 Å². The first-order valence-corrected chi connectivity index (χ1v) is 9.68. The van der Waals surface area contributed by atoms with E-state index in [1.165, 1.54) is 0 Å². The zero-order valence-corrected chi connectivity index (χ0v) is 16.6. The van der Waals surface area contributed by atoms with Crippen molar-refractivity contribution < 1.29 is 23.9 Å². The molecule has 0 aromatic heterocycles. The van der Waals surface area contributed by atoms with E-state index in [-0.39, 0.29) is 18.2 Å². The fourth-order valence-electron chi connectivity index (χ4n) is 2.90. The highest BCUT2D eigenvalue weighted by Crippen LogP contribution is 2.23. The standard InChI is InChI=1S/C25H22O5/c1-2-22(26)18-13-15-21(16-14-18)29-17-23(27)30-25(20-11-7-4-8-12-20)24(28)19-9-5-3-6-10-19/h3-16,25H,2,17H2,1H3/t25-/m1/s1. The summed E-state index contributed by atoms with van der Waals surface area (Å²) in [6, 6.07) is 24.1. The number of ether oxygens (including phenoxy) is 2. The summed E-state index contributed by atoms with van der Waals surface area (Å²) in [6.07, 6.45) is -0.641. The number of hydrogen-bond donors (Lipinski definition) is 0. The zero-order chi connectivity index (χ0) is 21.3. The van der Waals surface area contributed by atoms with Crippen LogP contribution in [0.5, 0.6) is 5.75 Å². The Labute approximate surface area is 175 Å². The first-order chi connectivity index (χ1) is 14.6. The number of Topliss-reactive ketones (excluding diaryl/α,β-unsaturated/α-hetero) is 2. The molecule has 1 atom stereocenters. The Kier molecular flexibility index (Phi) is 7.11. The molecule has 152 valence electrons. The third-order valence-electron chi connectivity index (χ3n) is 4.50. The van der Waals surface area contributed by atoms with E-state index >= 15 is 0 Å². The van der Waals surface area contributed by atoms with Gasteiger partial charge in [-0.05, 0) is 24.3 Å². The quantitative estimate of drug-likeness (QED) is 0.379. The van der Waals surface area contributed by atoms with Crippen LogP contribution in [0.2, 0.25) is 0 Å².